The van der Waals surface area contributed by atoms with Gasteiger partial charge in [-0.15, -0.1) is 0 Å². The largest absolute Gasteiger partial charge is 0.424 e. The molecule has 0 bridgehead atoms. The number of nitrogens with zero attached hydrogens (tertiary/aromatic N) is 2. The van der Waals surface area contributed by atoms with E-state index in [1.165, 1.54) is 25.2 Å². The third-order valence-corrected chi connectivity index (χ3v) is 3.90. The number of hydrogen-bond acceptors (Lipinski definition) is 7. The molecule has 2 rings (SSSR count). The van der Waals surface area contributed by atoms with E-state index >= 15 is 0 Å². The maximum atomic E-state index is 11.2. The lowest BCUT2D eigenvalue weighted by molar-refractivity contribution is -0.384. The zero-order valence-electron chi connectivity index (χ0n) is 10.5. The van der Waals surface area contributed by atoms with Crippen molar-refractivity contribution in [3.05, 3.63) is 28.3 Å². The predicted molar refractivity (Wildman–Crippen MR) is 72.0 cm³/mol. The van der Waals surface area contributed by atoms with Gasteiger partial charge < -0.3 is 9.73 Å². The Labute approximate surface area is 114 Å². The first kappa shape index (κ1) is 14.2. The quantitative estimate of drug-likeness (QED) is 0.593. The van der Waals surface area contributed by atoms with Crippen LogP contribution in [0.25, 0.3) is 11.1 Å². The van der Waals surface area contributed by atoms with Gasteiger partial charge in [0, 0.05) is 18.7 Å². The minimum Gasteiger partial charge on any atom is -0.424 e. The minimum absolute atomic E-state index is 0.0879. The fourth-order valence-electron chi connectivity index (χ4n) is 1.50. The Balaban J connectivity index is 2.10. The fraction of sp³-hybridized carbons (Fsp3) is 0.300. The van der Waals surface area contributed by atoms with Gasteiger partial charge in [0.1, 0.15) is 5.52 Å². The molecule has 0 saturated heterocycles. The number of rotatable bonds is 6. The molecule has 10 heteroatoms. The van der Waals surface area contributed by atoms with E-state index in [4.69, 9.17) is 4.42 Å². The molecule has 2 N–H and O–H groups in total. The number of oxazole rings is 1. The van der Waals surface area contributed by atoms with Crippen LogP contribution in [0.15, 0.2) is 22.6 Å². The highest BCUT2D eigenvalue weighted by molar-refractivity contribution is 7.89. The van der Waals surface area contributed by atoms with Crippen LogP contribution in [0.3, 0.4) is 0 Å². The number of nitro benzene ring substituents is 1. The molecule has 1 heterocycles. The van der Waals surface area contributed by atoms with E-state index in [-0.39, 0.29) is 24.0 Å². The summed E-state index contributed by atoms with van der Waals surface area (Å²) < 4.78 is 29.9. The van der Waals surface area contributed by atoms with Crippen LogP contribution >= 0.6 is 0 Å². The molecule has 0 unspecified atom stereocenters. The van der Waals surface area contributed by atoms with Crippen LogP contribution < -0.4 is 10.0 Å². The van der Waals surface area contributed by atoms with Crippen LogP contribution in [0.5, 0.6) is 0 Å². The summed E-state index contributed by atoms with van der Waals surface area (Å²) in [6.45, 7) is 0.109. The summed E-state index contributed by atoms with van der Waals surface area (Å²) >= 11 is 0. The van der Waals surface area contributed by atoms with Crippen molar-refractivity contribution in [2.45, 2.75) is 0 Å². The molecule has 0 aliphatic carbocycles. The molecule has 0 aliphatic rings. The Morgan fingerprint density at radius 2 is 2.20 bits per heavy atom. The molecule has 0 aliphatic heterocycles. The highest BCUT2D eigenvalue weighted by Crippen LogP contribution is 2.23. The van der Waals surface area contributed by atoms with Crippen LogP contribution in [0.1, 0.15) is 0 Å². The molecule has 20 heavy (non-hydrogen) atoms. The number of non-ortho nitro benzene ring substituents is 1. The normalized spacial score (nSPS) is 11.7. The number of hydrogen-bond donors (Lipinski definition) is 2. The summed E-state index contributed by atoms with van der Waals surface area (Å²) in [5.74, 6) is -0.137. The molecule has 2 aromatic rings. The van der Waals surface area contributed by atoms with E-state index in [2.05, 4.69) is 15.0 Å². The Morgan fingerprint density at radius 1 is 1.45 bits per heavy atom. The summed E-state index contributed by atoms with van der Waals surface area (Å²) in [5.41, 5.74) is 0.628. The summed E-state index contributed by atoms with van der Waals surface area (Å²) in [6.07, 6.45) is 0. The Kier molecular flexibility index (Phi) is 3.86. The highest BCUT2D eigenvalue weighted by atomic mass is 32.2. The molecule has 9 nitrogen and oxygen atoms in total. The molecule has 0 radical (unpaired) electrons. The van der Waals surface area contributed by atoms with E-state index in [0.29, 0.717) is 11.1 Å². The topological polar surface area (TPSA) is 127 Å². The number of anilines is 1. The number of benzene rings is 1. The van der Waals surface area contributed by atoms with Gasteiger partial charge in [-0.25, -0.2) is 13.1 Å². The van der Waals surface area contributed by atoms with Crippen molar-refractivity contribution in [1.29, 1.82) is 0 Å². The van der Waals surface area contributed by atoms with Crippen molar-refractivity contribution in [2.75, 3.05) is 24.7 Å². The van der Waals surface area contributed by atoms with Crippen LogP contribution in [0.4, 0.5) is 11.7 Å². The first-order chi connectivity index (χ1) is 9.41. The van der Waals surface area contributed by atoms with Gasteiger partial charge in [0.2, 0.25) is 10.0 Å². The maximum absolute atomic E-state index is 11.2. The first-order valence-electron chi connectivity index (χ1n) is 5.61. The van der Waals surface area contributed by atoms with Crippen molar-refractivity contribution in [1.82, 2.24) is 9.71 Å². The monoisotopic (exact) mass is 300 g/mol. The van der Waals surface area contributed by atoms with Crippen LogP contribution in [-0.2, 0) is 10.0 Å². The molecular weight excluding hydrogens is 288 g/mol. The van der Waals surface area contributed by atoms with Crippen molar-refractivity contribution in [2.24, 2.45) is 0 Å². The van der Waals surface area contributed by atoms with Gasteiger partial charge in [-0.3, -0.25) is 10.1 Å². The summed E-state index contributed by atoms with van der Waals surface area (Å²) in [7, 11) is -1.98. The lowest BCUT2D eigenvalue weighted by Gasteiger charge is -2.02. The average molecular weight is 300 g/mol. The van der Waals surface area contributed by atoms with E-state index in [9.17, 15) is 18.5 Å². The van der Waals surface area contributed by atoms with E-state index in [0.717, 1.165) is 0 Å². The van der Waals surface area contributed by atoms with Gasteiger partial charge >= 0.3 is 0 Å². The minimum atomic E-state index is -3.31. The van der Waals surface area contributed by atoms with Gasteiger partial charge in [-0.1, -0.05) is 0 Å². The average Bonchev–Trinajstić information content (AvgIpc) is 2.79. The molecule has 1 aromatic carbocycles. The van der Waals surface area contributed by atoms with E-state index in [1.807, 2.05) is 0 Å². The lowest BCUT2D eigenvalue weighted by Crippen LogP contribution is -2.26. The van der Waals surface area contributed by atoms with Crippen LogP contribution in [0, 0.1) is 10.1 Å². The second kappa shape index (κ2) is 5.43. The SMILES string of the molecule is CNS(=O)(=O)CCNc1nc2cc([N+](=O)[O-])ccc2o1. The zero-order chi connectivity index (χ0) is 14.8. The van der Waals surface area contributed by atoms with Gasteiger partial charge in [0.15, 0.2) is 5.58 Å². The van der Waals surface area contributed by atoms with E-state index < -0.39 is 14.9 Å². The van der Waals surface area contributed by atoms with E-state index in [1.54, 1.807) is 0 Å². The molecule has 108 valence electrons. The number of aromatic nitrogens is 1. The van der Waals surface area contributed by atoms with Crippen LogP contribution in [0.2, 0.25) is 0 Å². The second-order valence-corrected chi connectivity index (χ2v) is 5.92. The Morgan fingerprint density at radius 3 is 2.85 bits per heavy atom. The third kappa shape index (κ3) is 3.22. The summed E-state index contributed by atoms with van der Waals surface area (Å²) in [4.78, 5) is 14.1. The third-order valence-electron chi connectivity index (χ3n) is 2.54. The van der Waals surface area contributed by atoms with Crippen molar-refractivity contribution >= 4 is 32.8 Å². The standard InChI is InChI=1S/C10H12N4O5S/c1-11-20(17,18)5-4-12-10-13-8-6-7(14(15)16)2-3-9(8)19-10/h2-3,6,11H,4-5H2,1H3,(H,12,13). The Hall–Kier alpha value is -2.20. The summed E-state index contributed by atoms with van der Waals surface area (Å²) in [6, 6.07) is 4.15. The zero-order valence-corrected chi connectivity index (χ0v) is 11.3. The van der Waals surface area contributed by atoms with Gasteiger partial charge in [0.25, 0.3) is 11.7 Å². The van der Waals surface area contributed by atoms with Gasteiger partial charge in [-0.2, -0.15) is 4.98 Å². The molecule has 0 fully saturated rings. The van der Waals surface area contributed by atoms with Crippen LogP contribution in [-0.4, -0.2) is 37.7 Å². The highest BCUT2D eigenvalue weighted by Gasteiger charge is 2.12. The molecule has 0 spiro atoms. The molecule has 0 amide bonds. The number of sulfonamides is 1. The summed E-state index contributed by atoms with van der Waals surface area (Å²) in [5, 5.41) is 13.3. The number of nitro groups is 1. The lowest BCUT2D eigenvalue weighted by atomic mass is 10.3. The second-order valence-electron chi connectivity index (χ2n) is 3.88. The van der Waals surface area contributed by atoms with Gasteiger partial charge in [-0.05, 0) is 13.1 Å². The van der Waals surface area contributed by atoms with Crippen molar-refractivity contribution in [3.63, 3.8) is 0 Å². The molecule has 1 aromatic heterocycles. The molecule has 0 saturated carbocycles. The van der Waals surface area contributed by atoms with Gasteiger partial charge in [0.05, 0.1) is 10.7 Å². The van der Waals surface area contributed by atoms with Crippen molar-refractivity contribution < 1.29 is 17.8 Å². The fourth-order valence-corrected chi connectivity index (χ4v) is 2.07. The molecule has 0 atom stereocenters. The molecular formula is C10H12N4O5S. The Bertz CT molecular complexity index is 739. The first-order valence-corrected chi connectivity index (χ1v) is 7.26. The number of fused-ring (bicyclic) bond motifs is 1. The smallest absolute Gasteiger partial charge is 0.295 e. The maximum Gasteiger partial charge on any atom is 0.295 e. The predicted octanol–water partition coefficient (Wildman–Crippen LogP) is 0.697. The van der Waals surface area contributed by atoms with Crippen molar-refractivity contribution in [3.8, 4) is 0 Å². The number of nitrogens with one attached hydrogen (secondary N) is 2.